The van der Waals surface area contributed by atoms with Crippen LogP contribution in [0.4, 0.5) is 5.95 Å². The molecule has 0 aliphatic carbocycles. The van der Waals surface area contributed by atoms with Gasteiger partial charge in [-0.05, 0) is 23.6 Å². The van der Waals surface area contributed by atoms with Gasteiger partial charge < -0.3 is 15.2 Å². The predicted molar refractivity (Wildman–Crippen MR) is 70.2 cm³/mol. The van der Waals surface area contributed by atoms with Crippen LogP contribution < -0.4 is 15.2 Å². The Morgan fingerprint density at radius 1 is 1.17 bits per heavy atom. The molecule has 2 N–H and O–H groups in total. The van der Waals surface area contributed by atoms with Crippen molar-refractivity contribution in [3.8, 4) is 11.5 Å². The van der Waals surface area contributed by atoms with Gasteiger partial charge in [-0.25, -0.2) is 4.98 Å². The third-order valence-corrected chi connectivity index (χ3v) is 3.06. The molecular weight excluding hydrogens is 230 g/mol. The molecule has 2 aromatic heterocycles. The van der Waals surface area contributed by atoms with Crippen molar-refractivity contribution in [2.75, 3.05) is 20.0 Å². The number of hydrogen-bond donors (Lipinski definition) is 1. The van der Waals surface area contributed by atoms with E-state index >= 15 is 0 Å². The zero-order valence-corrected chi connectivity index (χ0v) is 10.2. The summed E-state index contributed by atoms with van der Waals surface area (Å²) in [6.45, 7) is 0. The number of nitrogens with two attached hydrogens (primary N) is 1. The summed E-state index contributed by atoms with van der Waals surface area (Å²) in [6, 6.07) is 5.85. The highest BCUT2D eigenvalue weighted by Crippen LogP contribution is 2.34. The average Bonchev–Trinajstić information content (AvgIpc) is 2.79. The van der Waals surface area contributed by atoms with Crippen molar-refractivity contribution >= 4 is 22.2 Å². The van der Waals surface area contributed by atoms with Gasteiger partial charge in [0.15, 0.2) is 11.5 Å². The van der Waals surface area contributed by atoms with Gasteiger partial charge in [0.2, 0.25) is 5.95 Å². The molecule has 5 nitrogen and oxygen atoms in total. The SMILES string of the molecule is COc1cc2ccn3c(N)ncc3c2cc1OC. The standard InChI is InChI=1S/C13H13N3O2/c1-17-11-5-8-3-4-16-10(7-15-13(16)14)9(8)6-12(11)18-2/h3-7H,1-2H3,(H2,14,15). The van der Waals surface area contributed by atoms with Gasteiger partial charge in [0.05, 0.1) is 25.9 Å². The minimum atomic E-state index is 0.474. The second kappa shape index (κ2) is 3.80. The normalized spacial score (nSPS) is 11.0. The van der Waals surface area contributed by atoms with Crippen LogP contribution in [-0.4, -0.2) is 23.6 Å². The van der Waals surface area contributed by atoms with Crippen molar-refractivity contribution in [1.82, 2.24) is 9.38 Å². The Labute approximate surface area is 104 Å². The fourth-order valence-corrected chi connectivity index (χ4v) is 2.14. The van der Waals surface area contributed by atoms with Crippen molar-refractivity contribution in [1.29, 1.82) is 0 Å². The number of hydrogen-bond acceptors (Lipinski definition) is 4. The Kier molecular flexibility index (Phi) is 2.26. The molecule has 0 radical (unpaired) electrons. The summed E-state index contributed by atoms with van der Waals surface area (Å²) in [5.41, 5.74) is 6.74. The van der Waals surface area contributed by atoms with Crippen LogP contribution in [0.25, 0.3) is 16.3 Å². The lowest BCUT2D eigenvalue weighted by atomic mass is 10.1. The third kappa shape index (κ3) is 1.37. The van der Waals surface area contributed by atoms with Crippen molar-refractivity contribution in [3.63, 3.8) is 0 Å². The average molecular weight is 243 g/mol. The summed E-state index contributed by atoms with van der Waals surface area (Å²) in [5, 5.41) is 2.08. The van der Waals surface area contributed by atoms with Crippen LogP contribution in [0.3, 0.4) is 0 Å². The minimum Gasteiger partial charge on any atom is -0.493 e. The van der Waals surface area contributed by atoms with E-state index in [9.17, 15) is 0 Å². The first kappa shape index (κ1) is 10.7. The highest BCUT2D eigenvalue weighted by atomic mass is 16.5. The van der Waals surface area contributed by atoms with E-state index in [1.165, 1.54) is 0 Å². The second-order valence-electron chi connectivity index (χ2n) is 3.98. The molecule has 0 saturated heterocycles. The summed E-state index contributed by atoms with van der Waals surface area (Å²) in [7, 11) is 3.24. The lowest BCUT2D eigenvalue weighted by molar-refractivity contribution is 0.356. The molecule has 0 spiro atoms. The molecule has 0 fully saturated rings. The van der Waals surface area contributed by atoms with E-state index in [0.717, 1.165) is 16.3 Å². The van der Waals surface area contributed by atoms with E-state index in [1.807, 2.05) is 28.8 Å². The molecule has 0 atom stereocenters. The number of benzene rings is 1. The molecule has 0 unspecified atom stereocenters. The summed E-state index contributed by atoms with van der Waals surface area (Å²) in [6.07, 6.45) is 3.65. The fourth-order valence-electron chi connectivity index (χ4n) is 2.14. The Morgan fingerprint density at radius 3 is 2.61 bits per heavy atom. The highest BCUT2D eigenvalue weighted by molar-refractivity contribution is 5.98. The highest BCUT2D eigenvalue weighted by Gasteiger charge is 2.09. The van der Waals surface area contributed by atoms with Gasteiger partial charge in [0.1, 0.15) is 0 Å². The molecule has 0 saturated carbocycles. The molecule has 0 aliphatic rings. The monoisotopic (exact) mass is 243 g/mol. The number of nitrogens with zero attached hydrogens (tertiary/aromatic N) is 2. The first-order valence-corrected chi connectivity index (χ1v) is 5.52. The Balaban J connectivity index is 2.43. The number of ether oxygens (including phenoxy) is 2. The minimum absolute atomic E-state index is 0.474. The number of nitrogen functional groups attached to an aromatic ring is 1. The second-order valence-corrected chi connectivity index (χ2v) is 3.98. The van der Waals surface area contributed by atoms with E-state index in [-0.39, 0.29) is 0 Å². The van der Waals surface area contributed by atoms with Gasteiger partial charge in [-0.2, -0.15) is 0 Å². The summed E-state index contributed by atoms with van der Waals surface area (Å²) in [5.74, 6) is 1.88. The smallest absolute Gasteiger partial charge is 0.204 e. The Hall–Kier alpha value is -2.43. The molecule has 18 heavy (non-hydrogen) atoms. The summed E-state index contributed by atoms with van der Waals surface area (Å²) < 4.78 is 12.4. The van der Waals surface area contributed by atoms with Crippen molar-refractivity contribution in [3.05, 3.63) is 30.6 Å². The number of fused-ring (bicyclic) bond motifs is 3. The molecule has 1 aromatic carbocycles. The van der Waals surface area contributed by atoms with Gasteiger partial charge in [-0.15, -0.1) is 0 Å². The molecule has 92 valence electrons. The number of anilines is 1. The number of aromatic nitrogens is 2. The number of methoxy groups -OCH3 is 2. The van der Waals surface area contributed by atoms with Crippen LogP contribution in [0.5, 0.6) is 11.5 Å². The van der Waals surface area contributed by atoms with Crippen molar-refractivity contribution < 1.29 is 9.47 Å². The van der Waals surface area contributed by atoms with Crippen molar-refractivity contribution in [2.24, 2.45) is 0 Å². The predicted octanol–water partition coefficient (Wildman–Crippen LogP) is 2.09. The van der Waals surface area contributed by atoms with Crippen LogP contribution in [-0.2, 0) is 0 Å². The quantitative estimate of drug-likeness (QED) is 0.748. The largest absolute Gasteiger partial charge is 0.493 e. The lowest BCUT2D eigenvalue weighted by Crippen LogP contribution is -1.95. The zero-order valence-electron chi connectivity index (χ0n) is 10.2. The maximum absolute atomic E-state index is 5.79. The molecule has 0 aliphatic heterocycles. The van der Waals surface area contributed by atoms with Crippen LogP contribution in [0.2, 0.25) is 0 Å². The topological polar surface area (TPSA) is 61.8 Å². The molecular formula is C13H13N3O2. The van der Waals surface area contributed by atoms with Gasteiger partial charge in [0.25, 0.3) is 0 Å². The lowest BCUT2D eigenvalue weighted by Gasteiger charge is -2.10. The van der Waals surface area contributed by atoms with E-state index in [4.69, 9.17) is 15.2 Å². The van der Waals surface area contributed by atoms with Gasteiger partial charge in [-0.1, -0.05) is 0 Å². The molecule has 3 rings (SSSR count). The van der Waals surface area contributed by atoms with Crippen LogP contribution in [0, 0.1) is 0 Å². The summed E-state index contributed by atoms with van der Waals surface area (Å²) in [4.78, 5) is 4.11. The van der Waals surface area contributed by atoms with Gasteiger partial charge in [-0.3, -0.25) is 4.40 Å². The van der Waals surface area contributed by atoms with Crippen LogP contribution >= 0.6 is 0 Å². The number of rotatable bonds is 2. The van der Waals surface area contributed by atoms with Crippen LogP contribution in [0.1, 0.15) is 0 Å². The molecule has 3 aromatic rings. The first-order valence-electron chi connectivity index (χ1n) is 5.52. The van der Waals surface area contributed by atoms with Gasteiger partial charge >= 0.3 is 0 Å². The molecule has 0 amide bonds. The van der Waals surface area contributed by atoms with E-state index < -0.39 is 0 Å². The third-order valence-electron chi connectivity index (χ3n) is 3.06. The molecule has 2 heterocycles. The van der Waals surface area contributed by atoms with Gasteiger partial charge in [0, 0.05) is 11.6 Å². The fraction of sp³-hybridized carbons (Fsp3) is 0.154. The molecule has 5 heteroatoms. The zero-order chi connectivity index (χ0) is 12.7. The number of pyridine rings is 1. The maximum Gasteiger partial charge on any atom is 0.204 e. The summed E-state index contributed by atoms with van der Waals surface area (Å²) >= 11 is 0. The maximum atomic E-state index is 5.79. The van der Waals surface area contributed by atoms with Crippen LogP contribution in [0.15, 0.2) is 30.6 Å². The Morgan fingerprint density at radius 2 is 1.89 bits per heavy atom. The van der Waals surface area contributed by atoms with E-state index in [0.29, 0.717) is 17.4 Å². The number of imidazole rings is 1. The molecule has 0 bridgehead atoms. The van der Waals surface area contributed by atoms with Crippen molar-refractivity contribution in [2.45, 2.75) is 0 Å². The van der Waals surface area contributed by atoms with E-state index in [1.54, 1.807) is 20.4 Å². The first-order chi connectivity index (χ1) is 8.74. The van der Waals surface area contributed by atoms with E-state index in [2.05, 4.69) is 4.98 Å². The Bertz CT molecular complexity index is 734.